The van der Waals surface area contributed by atoms with Crippen molar-refractivity contribution in [3.63, 3.8) is 0 Å². The third-order valence-corrected chi connectivity index (χ3v) is 6.46. The number of thiazole rings is 1. The van der Waals surface area contributed by atoms with Crippen molar-refractivity contribution in [1.82, 2.24) is 9.55 Å². The van der Waals surface area contributed by atoms with Crippen LogP contribution in [0.3, 0.4) is 0 Å². The first kappa shape index (κ1) is 20.8. The molecule has 0 unspecified atom stereocenters. The number of fused-ring (bicyclic) bond motifs is 1. The number of aromatic nitrogens is 2. The molecule has 8 heteroatoms. The normalized spacial score (nSPS) is 11.2. The fourth-order valence-electron chi connectivity index (χ4n) is 3.92. The number of hydrogen-bond donors (Lipinski definition) is 2. The van der Waals surface area contributed by atoms with Crippen LogP contribution in [-0.4, -0.2) is 32.7 Å². The predicted octanol–water partition coefficient (Wildman–Crippen LogP) is 5.61. The van der Waals surface area contributed by atoms with Gasteiger partial charge in [0.25, 0.3) is 0 Å². The molecule has 0 aliphatic carbocycles. The molecule has 3 heterocycles. The zero-order valence-corrected chi connectivity index (χ0v) is 18.9. The van der Waals surface area contributed by atoms with Gasteiger partial charge in [-0.2, -0.15) is 0 Å². The zero-order chi connectivity index (χ0) is 23.3. The minimum Gasteiger partial charge on any atom is -0.503 e. The Hall–Kier alpha value is -4.04. The van der Waals surface area contributed by atoms with Crippen LogP contribution in [0.15, 0.2) is 59.0 Å². The number of methoxy groups -OCH3 is 1. The van der Waals surface area contributed by atoms with Crippen LogP contribution < -0.4 is 4.74 Å². The second kappa shape index (κ2) is 7.83. The minimum atomic E-state index is -0.506. The van der Waals surface area contributed by atoms with Gasteiger partial charge in [-0.15, -0.1) is 0 Å². The summed E-state index contributed by atoms with van der Waals surface area (Å²) in [7, 11) is 1.59. The van der Waals surface area contributed by atoms with Gasteiger partial charge in [-0.05, 0) is 43.7 Å². The van der Waals surface area contributed by atoms with E-state index in [0.717, 1.165) is 4.70 Å². The van der Waals surface area contributed by atoms with Gasteiger partial charge in [0.2, 0.25) is 11.7 Å². The third-order valence-electron chi connectivity index (χ3n) is 5.46. The molecule has 33 heavy (non-hydrogen) atoms. The molecule has 5 rings (SSSR count). The van der Waals surface area contributed by atoms with Crippen molar-refractivity contribution < 1.29 is 24.2 Å². The number of nitrogens with zero attached hydrogens (tertiary/aromatic N) is 2. The Morgan fingerprint density at radius 2 is 1.85 bits per heavy atom. The molecular weight excluding hydrogens is 440 g/mol. The molecular formula is C25H20N2O5S. The standard InChI is InChI=1S/C25H20N2O5S/c1-13-11-17(14(2)32-13)22(28)20-21(15-7-5-4-6-8-15)27(24(30)23(20)29)25-26-18-10-9-16(31-3)12-19(18)33-25/h4-12,29-30H,1-3H3. The summed E-state index contributed by atoms with van der Waals surface area (Å²) in [6.45, 7) is 3.44. The highest BCUT2D eigenvalue weighted by molar-refractivity contribution is 7.20. The molecule has 0 fully saturated rings. The molecule has 0 aliphatic rings. The van der Waals surface area contributed by atoms with Gasteiger partial charge in [-0.3, -0.25) is 9.36 Å². The van der Waals surface area contributed by atoms with Gasteiger partial charge < -0.3 is 19.4 Å². The Morgan fingerprint density at radius 3 is 2.52 bits per heavy atom. The lowest BCUT2D eigenvalue weighted by Crippen LogP contribution is -2.05. The van der Waals surface area contributed by atoms with E-state index in [4.69, 9.17) is 9.15 Å². The summed E-state index contributed by atoms with van der Waals surface area (Å²) in [5.74, 6) is 0.297. The van der Waals surface area contributed by atoms with E-state index >= 15 is 0 Å². The number of furan rings is 1. The molecule has 0 spiro atoms. The van der Waals surface area contributed by atoms with Crippen LogP contribution in [0.25, 0.3) is 26.6 Å². The highest BCUT2D eigenvalue weighted by Gasteiger charge is 2.32. The number of carbonyl (C=O) groups is 1. The van der Waals surface area contributed by atoms with Crippen molar-refractivity contribution in [3.8, 4) is 33.8 Å². The van der Waals surface area contributed by atoms with Crippen molar-refractivity contribution in [2.75, 3.05) is 7.11 Å². The summed E-state index contributed by atoms with van der Waals surface area (Å²) < 4.78 is 13.1. The molecule has 0 atom stereocenters. The number of rotatable bonds is 5. The number of hydrogen-bond acceptors (Lipinski definition) is 7. The highest BCUT2D eigenvalue weighted by Crippen LogP contribution is 2.45. The van der Waals surface area contributed by atoms with Crippen molar-refractivity contribution in [2.24, 2.45) is 0 Å². The third kappa shape index (κ3) is 3.35. The highest BCUT2D eigenvalue weighted by atomic mass is 32.1. The molecule has 2 aromatic carbocycles. The number of aryl methyl sites for hydroxylation is 2. The number of benzene rings is 2. The maximum Gasteiger partial charge on any atom is 0.242 e. The molecule has 0 radical (unpaired) electrons. The second-order valence-corrected chi connectivity index (χ2v) is 8.59. The van der Waals surface area contributed by atoms with E-state index in [1.165, 1.54) is 15.9 Å². The molecule has 5 aromatic rings. The summed E-state index contributed by atoms with van der Waals surface area (Å²) >= 11 is 1.31. The number of carbonyl (C=O) groups excluding carboxylic acids is 1. The van der Waals surface area contributed by atoms with Crippen LogP contribution >= 0.6 is 11.3 Å². The molecule has 0 amide bonds. The fourth-order valence-corrected chi connectivity index (χ4v) is 4.93. The molecule has 0 saturated carbocycles. The molecule has 7 nitrogen and oxygen atoms in total. The lowest BCUT2D eigenvalue weighted by molar-refractivity contribution is 0.103. The van der Waals surface area contributed by atoms with E-state index in [-0.39, 0.29) is 5.56 Å². The average Bonchev–Trinajstić information content (AvgIpc) is 3.46. The number of ether oxygens (including phenoxy) is 1. The summed E-state index contributed by atoms with van der Waals surface area (Å²) in [5, 5.41) is 22.3. The van der Waals surface area contributed by atoms with Crippen LogP contribution in [0.4, 0.5) is 0 Å². The fraction of sp³-hybridized carbons (Fsp3) is 0.120. The first-order valence-electron chi connectivity index (χ1n) is 10.2. The summed E-state index contributed by atoms with van der Waals surface area (Å²) in [5.41, 5.74) is 2.01. The van der Waals surface area contributed by atoms with Gasteiger partial charge in [0.15, 0.2) is 10.9 Å². The summed E-state index contributed by atoms with van der Waals surface area (Å²) in [6.07, 6.45) is 0. The smallest absolute Gasteiger partial charge is 0.242 e. The quantitative estimate of drug-likeness (QED) is 0.331. The summed E-state index contributed by atoms with van der Waals surface area (Å²) in [6, 6.07) is 16.2. The Morgan fingerprint density at radius 1 is 1.09 bits per heavy atom. The number of aromatic hydroxyl groups is 2. The van der Waals surface area contributed by atoms with Crippen LogP contribution in [0, 0.1) is 13.8 Å². The van der Waals surface area contributed by atoms with E-state index in [2.05, 4.69) is 4.98 Å². The van der Waals surface area contributed by atoms with Gasteiger partial charge in [0.05, 0.1) is 34.1 Å². The molecule has 0 aliphatic heterocycles. The Kier molecular flexibility index (Phi) is 4.94. The second-order valence-electron chi connectivity index (χ2n) is 7.58. The molecule has 2 N–H and O–H groups in total. The van der Waals surface area contributed by atoms with E-state index in [0.29, 0.717) is 44.7 Å². The first-order chi connectivity index (χ1) is 15.9. The SMILES string of the molecule is COc1ccc2nc(-n3c(O)c(O)c(C(=O)c4cc(C)oc4C)c3-c3ccccc3)sc2c1. The summed E-state index contributed by atoms with van der Waals surface area (Å²) in [4.78, 5) is 18.2. The van der Waals surface area contributed by atoms with E-state index < -0.39 is 17.4 Å². The molecule has 0 saturated heterocycles. The first-order valence-corrected chi connectivity index (χ1v) is 11.0. The molecule has 3 aromatic heterocycles. The van der Waals surface area contributed by atoms with Crippen molar-refractivity contribution in [3.05, 3.63) is 77.2 Å². The lowest BCUT2D eigenvalue weighted by Gasteiger charge is -2.09. The predicted molar refractivity (Wildman–Crippen MR) is 126 cm³/mol. The molecule has 166 valence electrons. The van der Waals surface area contributed by atoms with Crippen molar-refractivity contribution >= 4 is 27.3 Å². The van der Waals surface area contributed by atoms with E-state index in [9.17, 15) is 15.0 Å². The van der Waals surface area contributed by atoms with E-state index in [1.54, 1.807) is 33.1 Å². The lowest BCUT2D eigenvalue weighted by atomic mass is 9.99. The van der Waals surface area contributed by atoms with Crippen LogP contribution in [0.2, 0.25) is 0 Å². The van der Waals surface area contributed by atoms with Crippen LogP contribution in [0.1, 0.15) is 27.4 Å². The van der Waals surface area contributed by atoms with Gasteiger partial charge >= 0.3 is 0 Å². The van der Waals surface area contributed by atoms with Crippen LogP contribution in [-0.2, 0) is 0 Å². The van der Waals surface area contributed by atoms with Gasteiger partial charge in [0, 0.05) is 0 Å². The monoisotopic (exact) mass is 460 g/mol. The zero-order valence-electron chi connectivity index (χ0n) is 18.1. The molecule has 0 bridgehead atoms. The Labute approximate surface area is 193 Å². The van der Waals surface area contributed by atoms with E-state index in [1.807, 2.05) is 42.5 Å². The van der Waals surface area contributed by atoms with Crippen molar-refractivity contribution in [2.45, 2.75) is 13.8 Å². The Bertz CT molecular complexity index is 1510. The topological polar surface area (TPSA) is 97.7 Å². The number of ketones is 1. The largest absolute Gasteiger partial charge is 0.503 e. The average molecular weight is 461 g/mol. The maximum atomic E-state index is 13.6. The maximum absolute atomic E-state index is 13.6. The van der Waals surface area contributed by atoms with Crippen molar-refractivity contribution in [1.29, 1.82) is 0 Å². The van der Waals surface area contributed by atoms with Crippen LogP contribution in [0.5, 0.6) is 17.4 Å². The minimum absolute atomic E-state index is 0.0144. The Balaban J connectivity index is 1.80. The van der Waals surface area contributed by atoms with Gasteiger partial charge in [-0.25, -0.2) is 4.98 Å². The van der Waals surface area contributed by atoms with Gasteiger partial charge in [-0.1, -0.05) is 41.7 Å². The van der Waals surface area contributed by atoms with Gasteiger partial charge in [0.1, 0.15) is 17.3 Å².